The number of halogens is 1. The summed E-state index contributed by atoms with van der Waals surface area (Å²) in [6.45, 7) is 1.57. The molecule has 0 aliphatic heterocycles. The van der Waals surface area contributed by atoms with Crippen LogP contribution in [0.25, 0.3) is 0 Å². The van der Waals surface area contributed by atoms with Crippen molar-refractivity contribution in [3.05, 3.63) is 29.6 Å². The van der Waals surface area contributed by atoms with E-state index in [1.165, 1.54) is 13.2 Å². The van der Waals surface area contributed by atoms with E-state index in [1.54, 1.807) is 19.1 Å². The molecule has 12 heavy (non-hydrogen) atoms. The van der Waals surface area contributed by atoms with Crippen molar-refractivity contribution in [1.82, 2.24) is 0 Å². The van der Waals surface area contributed by atoms with Crippen molar-refractivity contribution in [1.29, 1.82) is 0 Å². The molecule has 1 atom stereocenters. The standard InChI is InChI=1S/C9H11FO2/c1-6(11)7-4-3-5-8(10)9(7)12-2/h3-6,11H,1-2H3. The van der Waals surface area contributed by atoms with Crippen LogP contribution < -0.4 is 4.74 Å². The Balaban J connectivity index is 3.18. The van der Waals surface area contributed by atoms with E-state index in [-0.39, 0.29) is 5.75 Å². The highest BCUT2D eigenvalue weighted by molar-refractivity contribution is 5.36. The molecule has 3 heteroatoms. The highest BCUT2D eigenvalue weighted by atomic mass is 19.1. The molecule has 1 aromatic carbocycles. The summed E-state index contributed by atoms with van der Waals surface area (Å²) in [6.07, 6.45) is -0.712. The third-order valence-corrected chi connectivity index (χ3v) is 1.65. The van der Waals surface area contributed by atoms with Crippen LogP contribution in [0.3, 0.4) is 0 Å². The van der Waals surface area contributed by atoms with Crippen LogP contribution in [0.2, 0.25) is 0 Å². The molecular weight excluding hydrogens is 159 g/mol. The van der Waals surface area contributed by atoms with Gasteiger partial charge in [0.2, 0.25) is 0 Å². The fourth-order valence-corrected chi connectivity index (χ4v) is 1.07. The lowest BCUT2D eigenvalue weighted by molar-refractivity contribution is 0.193. The van der Waals surface area contributed by atoms with E-state index in [9.17, 15) is 9.50 Å². The van der Waals surface area contributed by atoms with Crippen molar-refractivity contribution in [3.63, 3.8) is 0 Å². The van der Waals surface area contributed by atoms with E-state index in [0.29, 0.717) is 5.56 Å². The molecule has 66 valence electrons. The lowest BCUT2D eigenvalue weighted by Gasteiger charge is -2.10. The highest BCUT2D eigenvalue weighted by Crippen LogP contribution is 2.27. The SMILES string of the molecule is COc1c(F)cccc1C(C)O. The van der Waals surface area contributed by atoms with Gasteiger partial charge in [-0.1, -0.05) is 12.1 Å². The Kier molecular flexibility index (Phi) is 2.65. The van der Waals surface area contributed by atoms with Gasteiger partial charge in [0, 0.05) is 5.56 Å². The zero-order valence-electron chi connectivity index (χ0n) is 7.04. The Morgan fingerprint density at radius 3 is 2.58 bits per heavy atom. The molecule has 0 saturated heterocycles. The monoisotopic (exact) mass is 170 g/mol. The minimum absolute atomic E-state index is 0.118. The van der Waals surface area contributed by atoms with Gasteiger partial charge in [0.05, 0.1) is 13.2 Å². The van der Waals surface area contributed by atoms with Gasteiger partial charge >= 0.3 is 0 Å². The smallest absolute Gasteiger partial charge is 0.165 e. The number of hydrogen-bond donors (Lipinski definition) is 1. The number of ether oxygens (including phenoxy) is 1. The van der Waals surface area contributed by atoms with E-state index >= 15 is 0 Å². The van der Waals surface area contributed by atoms with E-state index in [1.807, 2.05) is 0 Å². The summed E-state index contributed by atoms with van der Waals surface area (Å²) in [5.41, 5.74) is 0.470. The Bertz CT molecular complexity index is 271. The molecule has 0 amide bonds. The maximum Gasteiger partial charge on any atom is 0.165 e. The molecule has 0 spiro atoms. The van der Waals surface area contributed by atoms with Gasteiger partial charge in [-0.15, -0.1) is 0 Å². The van der Waals surface area contributed by atoms with E-state index in [4.69, 9.17) is 4.74 Å². The Morgan fingerprint density at radius 2 is 2.17 bits per heavy atom. The molecule has 0 heterocycles. The summed E-state index contributed by atoms with van der Waals surface area (Å²) in [4.78, 5) is 0. The zero-order chi connectivity index (χ0) is 9.14. The fraction of sp³-hybridized carbons (Fsp3) is 0.333. The summed E-state index contributed by atoms with van der Waals surface area (Å²) >= 11 is 0. The first-order valence-corrected chi connectivity index (χ1v) is 3.67. The second-order valence-corrected chi connectivity index (χ2v) is 2.54. The van der Waals surface area contributed by atoms with Crippen LogP contribution in [-0.4, -0.2) is 12.2 Å². The largest absolute Gasteiger partial charge is 0.493 e. The van der Waals surface area contributed by atoms with Crippen LogP contribution >= 0.6 is 0 Å². The number of aliphatic hydroxyl groups is 1. The maximum atomic E-state index is 13.0. The first-order valence-electron chi connectivity index (χ1n) is 3.67. The number of benzene rings is 1. The summed E-state index contributed by atoms with van der Waals surface area (Å²) in [6, 6.07) is 4.47. The van der Waals surface area contributed by atoms with Gasteiger partial charge in [-0.25, -0.2) is 4.39 Å². The molecular formula is C9H11FO2. The van der Waals surface area contributed by atoms with Gasteiger partial charge in [-0.2, -0.15) is 0 Å². The van der Waals surface area contributed by atoms with Crippen LogP contribution in [0, 0.1) is 5.82 Å². The molecule has 1 N–H and O–H groups in total. The summed E-state index contributed by atoms with van der Waals surface area (Å²) in [5, 5.41) is 9.21. The van der Waals surface area contributed by atoms with Crippen molar-refractivity contribution in [2.24, 2.45) is 0 Å². The van der Waals surface area contributed by atoms with Gasteiger partial charge in [0.25, 0.3) is 0 Å². The average molecular weight is 170 g/mol. The Labute approximate surface area is 70.6 Å². The lowest BCUT2D eigenvalue weighted by atomic mass is 10.1. The fourth-order valence-electron chi connectivity index (χ4n) is 1.07. The quantitative estimate of drug-likeness (QED) is 0.734. The molecule has 1 rings (SSSR count). The number of rotatable bonds is 2. The van der Waals surface area contributed by atoms with Crippen molar-refractivity contribution >= 4 is 0 Å². The second kappa shape index (κ2) is 3.54. The average Bonchev–Trinajstić information content (AvgIpc) is 2.03. The van der Waals surface area contributed by atoms with Crippen LogP contribution in [0.1, 0.15) is 18.6 Å². The van der Waals surface area contributed by atoms with Gasteiger partial charge in [0.1, 0.15) is 0 Å². The molecule has 1 aromatic rings. The maximum absolute atomic E-state index is 13.0. The lowest BCUT2D eigenvalue weighted by Crippen LogP contribution is -1.98. The molecule has 0 saturated carbocycles. The number of aliphatic hydroxyl groups excluding tert-OH is 1. The van der Waals surface area contributed by atoms with E-state index < -0.39 is 11.9 Å². The van der Waals surface area contributed by atoms with Gasteiger partial charge in [0.15, 0.2) is 11.6 Å². The van der Waals surface area contributed by atoms with Crippen LogP contribution in [0.15, 0.2) is 18.2 Å². The first kappa shape index (κ1) is 9.00. The minimum Gasteiger partial charge on any atom is -0.493 e. The molecule has 0 fully saturated rings. The van der Waals surface area contributed by atoms with Crippen molar-refractivity contribution in [2.75, 3.05) is 7.11 Å². The van der Waals surface area contributed by atoms with Gasteiger partial charge < -0.3 is 9.84 Å². The van der Waals surface area contributed by atoms with E-state index in [2.05, 4.69) is 0 Å². The third-order valence-electron chi connectivity index (χ3n) is 1.65. The van der Waals surface area contributed by atoms with Crippen LogP contribution in [0.5, 0.6) is 5.75 Å². The van der Waals surface area contributed by atoms with Crippen molar-refractivity contribution < 1.29 is 14.2 Å². The van der Waals surface area contributed by atoms with Gasteiger partial charge in [-0.3, -0.25) is 0 Å². The predicted molar refractivity (Wildman–Crippen MR) is 43.6 cm³/mol. The topological polar surface area (TPSA) is 29.5 Å². The van der Waals surface area contributed by atoms with Crippen molar-refractivity contribution in [3.8, 4) is 5.75 Å². The predicted octanol–water partition coefficient (Wildman–Crippen LogP) is 1.89. The van der Waals surface area contributed by atoms with Gasteiger partial charge in [-0.05, 0) is 13.0 Å². The van der Waals surface area contributed by atoms with Crippen molar-refractivity contribution in [2.45, 2.75) is 13.0 Å². The Hall–Kier alpha value is -1.09. The molecule has 2 nitrogen and oxygen atoms in total. The molecule has 1 unspecified atom stereocenters. The number of hydrogen-bond acceptors (Lipinski definition) is 2. The minimum atomic E-state index is -0.712. The van der Waals surface area contributed by atoms with Crippen LogP contribution in [0.4, 0.5) is 4.39 Å². The molecule has 0 radical (unpaired) electrons. The zero-order valence-corrected chi connectivity index (χ0v) is 7.04. The third kappa shape index (κ3) is 1.56. The van der Waals surface area contributed by atoms with E-state index in [0.717, 1.165) is 0 Å². The molecule has 0 aliphatic carbocycles. The first-order chi connectivity index (χ1) is 5.66. The molecule has 0 aromatic heterocycles. The highest BCUT2D eigenvalue weighted by Gasteiger charge is 2.11. The Morgan fingerprint density at radius 1 is 1.50 bits per heavy atom. The number of para-hydroxylation sites is 1. The summed E-state index contributed by atoms with van der Waals surface area (Å²) < 4.78 is 17.8. The molecule has 0 aliphatic rings. The summed E-state index contributed by atoms with van der Waals surface area (Å²) in [7, 11) is 1.38. The summed E-state index contributed by atoms with van der Waals surface area (Å²) in [5.74, 6) is -0.330. The second-order valence-electron chi connectivity index (χ2n) is 2.54. The normalized spacial score (nSPS) is 12.7. The molecule has 0 bridgehead atoms. The number of methoxy groups -OCH3 is 1. The van der Waals surface area contributed by atoms with Crippen LogP contribution in [-0.2, 0) is 0 Å².